The average molecular weight is 380 g/mol. The van der Waals surface area contributed by atoms with E-state index in [0.29, 0.717) is 6.61 Å². The Morgan fingerprint density at radius 1 is 1.11 bits per heavy atom. The lowest BCUT2D eigenvalue weighted by Crippen LogP contribution is -2.33. The fourth-order valence-corrected chi connectivity index (χ4v) is 3.65. The topological polar surface area (TPSA) is 116 Å². The van der Waals surface area contributed by atoms with E-state index in [-0.39, 0.29) is 40.5 Å². The summed E-state index contributed by atoms with van der Waals surface area (Å²) in [6, 6.07) is 8.69. The van der Waals surface area contributed by atoms with Crippen molar-refractivity contribution in [3.8, 4) is 0 Å². The SMILES string of the molecule is O=C1c2ccccc2C(=O)c2c1ccc(C(=O)NCC1CCCO1)c2[N+](=O)[O-]. The van der Waals surface area contributed by atoms with Crippen molar-refractivity contribution in [2.24, 2.45) is 0 Å². The van der Waals surface area contributed by atoms with Gasteiger partial charge in [0.1, 0.15) is 11.1 Å². The molecule has 1 atom stereocenters. The van der Waals surface area contributed by atoms with Gasteiger partial charge in [-0.15, -0.1) is 0 Å². The second-order valence-corrected chi connectivity index (χ2v) is 6.69. The molecule has 2 aromatic carbocycles. The maximum Gasteiger partial charge on any atom is 0.294 e. The molecule has 1 aliphatic carbocycles. The Morgan fingerprint density at radius 3 is 2.46 bits per heavy atom. The van der Waals surface area contributed by atoms with Crippen molar-refractivity contribution in [1.29, 1.82) is 0 Å². The zero-order chi connectivity index (χ0) is 19.8. The molecule has 1 amide bonds. The molecular formula is C20H16N2O6. The summed E-state index contributed by atoms with van der Waals surface area (Å²) >= 11 is 0. The van der Waals surface area contributed by atoms with Crippen molar-refractivity contribution in [2.45, 2.75) is 18.9 Å². The largest absolute Gasteiger partial charge is 0.376 e. The lowest BCUT2D eigenvalue weighted by molar-refractivity contribution is -0.385. The molecule has 28 heavy (non-hydrogen) atoms. The number of nitrogens with one attached hydrogen (secondary N) is 1. The van der Waals surface area contributed by atoms with Crippen molar-refractivity contribution in [2.75, 3.05) is 13.2 Å². The van der Waals surface area contributed by atoms with E-state index in [9.17, 15) is 24.5 Å². The summed E-state index contributed by atoms with van der Waals surface area (Å²) in [5.74, 6) is -1.78. The minimum Gasteiger partial charge on any atom is -0.376 e. The molecular weight excluding hydrogens is 364 g/mol. The first kappa shape index (κ1) is 18.0. The van der Waals surface area contributed by atoms with Gasteiger partial charge in [0, 0.05) is 29.8 Å². The third-order valence-electron chi connectivity index (χ3n) is 5.01. The van der Waals surface area contributed by atoms with Gasteiger partial charge in [-0.2, -0.15) is 0 Å². The van der Waals surface area contributed by atoms with E-state index < -0.39 is 28.1 Å². The molecule has 1 aliphatic heterocycles. The van der Waals surface area contributed by atoms with Crippen molar-refractivity contribution in [3.63, 3.8) is 0 Å². The number of ketones is 2. The Bertz CT molecular complexity index is 1020. The first-order chi connectivity index (χ1) is 13.5. The number of benzene rings is 2. The Balaban J connectivity index is 1.76. The minimum atomic E-state index is -0.779. The second-order valence-electron chi connectivity index (χ2n) is 6.69. The Labute approximate surface area is 159 Å². The van der Waals surface area contributed by atoms with Crippen LogP contribution in [0.1, 0.15) is 55.0 Å². The quantitative estimate of drug-likeness (QED) is 0.548. The van der Waals surface area contributed by atoms with E-state index in [1.807, 2.05) is 0 Å². The number of hydrogen-bond acceptors (Lipinski definition) is 6. The molecule has 4 rings (SSSR count). The molecule has 1 unspecified atom stereocenters. The van der Waals surface area contributed by atoms with E-state index in [0.717, 1.165) is 12.8 Å². The highest BCUT2D eigenvalue weighted by molar-refractivity contribution is 6.30. The summed E-state index contributed by atoms with van der Waals surface area (Å²) in [4.78, 5) is 49.2. The monoisotopic (exact) mass is 380 g/mol. The summed E-state index contributed by atoms with van der Waals surface area (Å²) in [5.41, 5.74) is -0.994. The molecule has 2 aliphatic rings. The second kappa shape index (κ2) is 6.97. The number of nitro groups is 1. The normalized spacial score (nSPS) is 17.8. The van der Waals surface area contributed by atoms with Crippen LogP contribution in [0.3, 0.4) is 0 Å². The van der Waals surface area contributed by atoms with Gasteiger partial charge >= 0.3 is 0 Å². The van der Waals surface area contributed by atoms with Crippen molar-refractivity contribution in [1.82, 2.24) is 5.32 Å². The number of nitro benzene ring substituents is 1. The van der Waals surface area contributed by atoms with Crippen LogP contribution in [0.2, 0.25) is 0 Å². The highest BCUT2D eigenvalue weighted by atomic mass is 16.6. The average Bonchev–Trinajstić information content (AvgIpc) is 3.22. The molecule has 1 heterocycles. The number of hydrogen-bond donors (Lipinski definition) is 1. The van der Waals surface area contributed by atoms with Crippen molar-refractivity contribution < 1.29 is 24.0 Å². The van der Waals surface area contributed by atoms with Crippen molar-refractivity contribution in [3.05, 3.63) is 74.3 Å². The van der Waals surface area contributed by atoms with Crippen LogP contribution in [0.15, 0.2) is 36.4 Å². The molecule has 8 nitrogen and oxygen atoms in total. The third kappa shape index (κ3) is 2.87. The molecule has 0 bridgehead atoms. The molecule has 1 N–H and O–H groups in total. The van der Waals surface area contributed by atoms with Crippen LogP contribution in [-0.2, 0) is 4.74 Å². The summed E-state index contributed by atoms with van der Waals surface area (Å²) in [6.07, 6.45) is 1.57. The van der Waals surface area contributed by atoms with Crippen LogP contribution in [0.5, 0.6) is 0 Å². The van der Waals surface area contributed by atoms with Crippen LogP contribution in [0.4, 0.5) is 5.69 Å². The molecule has 8 heteroatoms. The van der Waals surface area contributed by atoms with Gasteiger partial charge in [-0.05, 0) is 25.0 Å². The fourth-order valence-electron chi connectivity index (χ4n) is 3.65. The zero-order valence-corrected chi connectivity index (χ0v) is 14.8. The van der Waals surface area contributed by atoms with Crippen LogP contribution in [0.25, 0.3) is 0 Å². The first-order valence-corrected chi connectivity index (χ1v) is 8.88. The van der Waals surface area contributed by atoms with Crippen LogP contribution >= 0.6 is 0 Å². The van der Waals surface area contributed by atoms with Gasteiger partial charge in [-0.1, -0.05) is 24.3 Å². The standard InChI is InChI=1S/C20H16N2O6/c23-18-12-5-1-2-6-13(12)19(24)16-14(18)7-8-15(17(16)22(26)27)20(25)21-10-11-4-3-9-28-11/h1-2,5-8,11H,3-4,9-10H2,(H,21,25). The van der Waals surface area contributed by atoms with E-state index in [2.05, 4.69) is 5.32 Å². The Kier molecular flexibility index (Phi) is 4.48. The number of rotatable bonds is 4. The summed E-state index contributed by atoms with van der Waals surface area (Å²) in [7, 11) is 0. The van der Waals surface area contributed by atoms with Crippen molar-refractivity contribution >= 4 is 23.2 Å². The molecule has 1 saturated heterocycles. The molecule has 0 spiro atoms. The zero-order valence-electron chi connectivity index (χ0n) is 14.8. The van der Waals surface area contributed by atoms with Gasteiger partial charge < -0.3 is 10.1 Å². The maximum absolute atomic E-state index is 12.9. The van der Waals surface area contributed by atoms with Gasteiger partial charge in [0.05, 0.1) is 11.0 Å². The first-order valence-electron chi connectivity index (χ1n) is 8.88. The van der Waals surface area contributed by atoms with Gasteiger partial charge in [-0.25, -0.2) is 0 Å². The molecule has 2 aromatic rings. The highest BCUT2D eigenvalue weighted by Gasteiger charge is 2.38. The lowest BCUT2D eigenvalue weighted by atomic mass is 9.82. The van der Waals surface area contributed by atoms with E-state index in [1.165, 1.54) is 24.3 Å². The third-order valence-corrected chi connectivity index (χ3v) is 5.01. The summed E-state index contributed by atoms with van der Waals surface area (Å²) < 4.78 is 5.43. The Morgan fingerprint density at radius 2 is 1.82 bits per heavy atom. The minimum absolute atomic E-state index is 0.0638. The maximum atomic E-state index is 12.9. The van der Waals surface area contributed by atoms with Crippen LogP contribution < -0.4 is 5.32 Å². The highest BCUT2D eigenvalue weighted by Crippen LogP contribution is 2.35. The predicted molar refractivity (Wildman–Crippen MR) is 97.7 cm³/mol. The van der Waals surface area contributed by atoms with E-state index in [4.69, 9.17) is 4.74 Å². The molecule has 0 radical (unpaired) electrons. The molecule has 0 aromatic heterocycles. The summed E-state index contributed by atoms with van der Waals surface area (Å²) in [5, 5.41) is 14.4. The predicted octanol–water partition coefficient (Wildman–Crippen LogP) is 2.28. The number of carbonyl (C=O) groups excluding carboxylic acids is 3. The lowest BCUT2D eigenvalue weighted by Gasteiger charge is -2.18. The van der Waals surface area contributed by atoms with Crippen LogP contribution in [0, 0.1) is 10.1 Å². The summed E-state index contributed by atoms with van der Waals surface area (Å²) in [6.45, 7) is 0.846. The number of fused-ring (bicyclic) bond motifs is 2. The van der Waals surface area contributed by atoms with Gasteiger partial charge in [-0.3, -0.25) is 24.5 Å². The van der Waals surface area contributed by atoms with Crippen LogP contribution in [-0.4, -0.2) is 41.7 Å². The van der Waals surface area contributed by atoms with E-state index in [1.54, 1.807) is 12.1 Å². The fraction of sp³-hybridized carbons (Fsp3) is 0.250. The number of nitrogens with zero attached hydrogens (tertiary/aromatic N) is 1. The van der Waals surface area contributed by atoms with Gasteiger partial charge in [0.25, 0.3) is 11.6 Å². The molecule has 0 saturated carbocycles. The van der Waals surface area contributed by atoms with Gasteiger partial charge in [0.2, 0.25) is 5.78 Å². The molecule has 1 fully saturated rings. The number of ether oxygens (including phenoxy) is 1. The Hall–Kier alpha value is -3.39. The number of amides is 1. The molecule has 142 valence electrons. The number of carbonyl (C=O) groups is 3. The van der Waals surface area contributed by atoms with Gasteiger partial charge in [0.15, 0.2) is 5.78 Å². The smallest absolute Gasteiger partial charge is 0.294 e. The van der Waals surface area contributed by atoms with E-state index >= 15 is 0 Å².